The molecule has 22 heavy (non-hydrogen) atoms. The first kappa shape index (κ1) is 16.4. The van der Waals surface area contributed by atoms with Crippen molar-refractivity contribution in [2.24, 2.45) is 0 Å². The Morgan fingerprint density at radius 2 is 1.77 bits per heavy atom. The second-order valence-electron chi connectivity index (χ2n) is 6.09. The summed E-state index contributed by atoms with van der Waals surface area (Å²) in [4.78, 5) is 13.0. The number of amides is 1. The Labute approximate surface area is 135 Å². The van der Waals surface area contributed by atoms with Crippen LogP contribution in [0.5, 0.6) is 0 Å². The van der Waals surface area contributed by atoms with Gasteiger partial charge in [0.25, 0.3) is 0 Å². The molecule has 0 aliphatic heterocycles. The topological polar surface area (TPSA) is 50.4 Å². The van der Waals surface area contributed by atoms with Crippen molar-refractivity contribution in [3.8, 4) is 0 Å². The summed E-state index contributed by atoms with van der Waals surface area (Å²) < 4.78 is 5.22. The minimum absolute atomic E-state index is 0.254. The minimum Gasteiger partial charge on any atom is -0.444 e. The van der Waals surface area contributed by atoms with Crippen molar-refractivity contribution in [1.82, 2.24) is 0 Å². The Bertz CT molecular complexity index is 601. The average molecular weight is 318 g/mol. The van der Waals surface area contributed by atoms with E-state index < -0.39 is 11.7 Å². The summed E-state index contributed by atoms with van der Waals surface area (Å²) in [5.41, 5.74) is 1.22. The fourth-order valence-electron chi connectivity index (χ4n) is 1.93. The Hall–Kier alpha value is -2.01. The Morgan fingerprint density at radius 1 is 1.14 bits per heavy atom. The van der Waals surface area contributed by atoms with Crippen molar-refractivity contribution in [3.63, 3.8) is 0 Å². The van der Waals surface area contributed by atoms with Gasteiger partial charge in [-0.1, -0.05) is 6.07 Å². The number of carbonyl (C=O) groups excluding carboxylic acids is 1. The van der Waals surface area contributed by atoms with Gasteiger partial charge < -0.3 is 10.1 Å². The summed E-state index contributed by atoms with van der Waals surface area (Å²) in [7, 11) is 0. The van der Waals surface area contributed by atoms with Crippen molar-refractivity contribution in [1.29, 1.82) is 0 Å². The van der Waals surface area contributed by atoms with Crippen molar-refractivity contribution in [2.75, 3.05) is 10.6 Å². The molecule has 0 aliphatic rings. The molecule has 0 fully saturated rings. The molecule has 0 radical (unpaired) electrons. The molecular weight excluding hydrogens is 296 g/mol. The smallest absolute Gasteiger partial charge is 0.412 e. The van der Waals surface area contributed by atoms with Crippen LogP contribution in [0.4, 0.5) is 16.2 Å². The van der Waals surface area contributed by atoms with Crippen molar-refractivity contribution in [3.05, 3.63) is 46.7 Å². The van der Waals surface area contributed by atoms with E-state index in [0.29, 0.717) is 5.69 Å². The van der Waals surface area contributed by atoms with Crippen molar-refractivity contribution < 1.29 is 9.53 Å². The number of ether oxygens (including phenoxy) is 1. The van der Waals surface area contributed by atoms with Gasteiger partial charge in [-0.25, -0.2) is 4.79 Å². The van der Waals surface area contributed by atoms with Crippen molar-refractivity contribution >= 4 is 28.8 Å². The van der Waals surface area contributed by atoms with Crippen LogP contribution in [0.15, 0.2) is 41.8 Å². The summed E-state index contributed by atoms with van der Waals surface area (Å²) in [5, 5.41) is 8.22. The lowest BCUT2D eigenvalue weighted by Crippen LogP contribution is -2.27. The molecule has 1 aromatic heterocycles. The molecule has 4 nitrogen and oxygen atoms in total. The van der Waals surface area contributed by atoms with E-state index in [1.54, 1.807) is 11.3 Å². The van der Waals surface area contributed by atoms with Crippen molar-refractivity contribution in [2.45, 2.75) is 39.3 Å². The third kappa shape index (κ3) is 5.07. The first-order chi connectivity index (χ1) is 10.3. The van der Waals surface area contributed by atoms with Gasteiger partial charge in [-0.3, -0.25) is 5.32 Å². The number of hydrogen-bond acceptors (Lipinski definition) is 4. The van der Waals surface area contributed by atoms with Crippen LogP contribution in [0.25, 0.3) is 0 Å². The average Bonchev–Trinajstić information content (AvgIpc) is 2.92. The van der Waals surface area contributed by atoms with Crippen LogP contribution in [0, 0.1) is 0 Å². The molecule has 1 amide bonds. The van der Waals surface area contributed by atoms with Gasteiger partial charge in [-0.2, -0.15) is 0 Å². The van der Waals surface area contributed by atoms with Gasteiger partial charge in [0, 0.05) is 16.3 Å². The SMILES string of the molecule is CC(Nc1ccc(NC(=O)OC(C)(C)C)cc1)c1cccs1. The van der Waals surface area contributed by atoms with Crippen LogP contribution in [-0.4, -0.2) is 11.7 Å². The standard InChI is InChI=1S/C17H22N2O2S/c1-12(15-6-5-11-22-15)18-13-7-9-14(10-8-13)19-16(20)21-17(2,3)4/h5-12,18H,1-4H3,(H,19,20). The summed E-state index contributed by atoms with van der Waals surface area (Å²) in [6.45, 7) is 7.64. The molecule has 1 aromatic carbocycles. The zero-order valence-electron chi connectivity index (χ0n) is 13.3. The molecule has 0 saturated heterocycles. The monoisotopic (exact) mass is 318 g/mol. The maximum atomic E-state index is 11.7. The largest absolute Gasteiger partial charge is 0.444 e. The predicted octanol–water partition coefficient (Wildman–Crippen LogP) is 5.27. The van der Waals surface area contributed by atoms with Gasteiger partial charge in [0.2, 0.25) is 0 Å². The van der Waals surface area contributed by atoms with Crippen LogP contribution in [0.2, 0.25) is 0 Å². The van der Waals surface area contributed by atoms with Crippen LogP contribution in [0.1, 0.15) is 38.6 Å². The molecule has 1 unspecified atom stereocenters. The molecule has 118 valence electrons. The number of rotatable bonds is 4. The molecular formula is C17H22N2O2S. The Morgan fingerprint density at radius 3 is 2.32 bits per heavy atom. The van der Waals surface area contributed by atoms with E-state index in [9.17, 15) is 4.79 Å². The lowest BCUT2D eigenvalue weighted by atomic mass is 10.2. The van der Waals surface area contributed by atoms with E-state index in [1.807, 2.05) is 51.1 Å². The van der Waals surface area contributed by atoms with Gasteiger partial charge in [-0.05, 0) is 63.4 Å². The lowest BCUT2D eigenvalue weighted by molar-refractivity contribution is 0.0636. The van der Waals surface area contributed by atoms with Gasteiger partial charge in [-0.15, -0.1) is 11.3 Å². The molecule has 1 heterocycles. The highest BCUT2D eigenvalue weighted by atomic mass is 32.1. The normalized spacial score (nSPS) is 12.5. The lowest BCUT2D eigenvalue weighted by Gasteiger charge is -2.20. The second kappa shape index (κ2) is 6.83. The number of thiophene rings is 1. The number of anilines is 2. The van der Waals surface area contributed by atoms with Crippen LogP contribution in [-0.2, 0) is 4.74 Å². The Kier molecular flexibility index (Phi) is 5.08. The summed E-state index contributed by atoms with van der Waals surface area (Å²) in [6, 6.07) is 12.0. The molecule has 2 rings (SSSR count). The maximum Gasteiger partial charge on any atom is 0.412 e. The number of carbonyl (C=O) groups is 1. The molecule has 0 spiro atoms. The minimum atomic E-state index is -0.498. The zero-order chi connectivity index (χ0) is 16.2. The second-order valence-corrected chi connectivity index (χ2v) is 7.06. The van der Waals surface area contributed by atoms with E-state index in [1.165, 1.54) is 4.88 Å². The zero-order valence-corrected chi connectivity index (χ0v) is 14.2. The fourth-order valence-corrected chi connectivity index (χ4v) is 2.66. The molecule has 0 saturated carbocycles. The van der Waals surface area contributed by atoms with Crippen LogP contribution in [0.3, 0.4) is 0 Å². The highest BCUT2D eigenvalue weighted by Crippen LogP contribution is 2.24. The van der Waals surface area contributed by atoms with Gasteiger partial charge in [0.15, 0.2) is 0 Å². The number of nitrogens with one attached hydrogen (secondary N) is 2. The fraction of sp³-hybridized carbons (Fsp3) is 0.353. The Balaban J connectivity index is 1.91. The van der Waals surface area contributed by atoms with Gasteiger partial charge in [0.05, 0.1) is 6.04 Å². The molecule has 1 atom stereocenters. The molecule has 5 heteroatoms. The number of hydrogen-bond donors (Lipinski definition) is 2. The van der Waals surface area contributed by atoms with E-state index in [2.05, 4.69) is 29.0 Å². The highest BCUT2D eigenvalue weighted by molar-refractivity contribution is 7.10. The first-order valence-electron chi connectivity index (χ1n) is 7.23. The maximum absolute atomic E-state index is 11.7. The van der Waals surface area contributed by atoms with Gasteiger partial charge >= 0.3 is 6.09 Å². The van der Waals surface area contributed by atoms with Crippen LogP contribution >= 0.6 is 11.3 Å². The van der Waals surface area contributed by atoms with Gasteiger partial charge in [0.1, 0.15) is 5.60 Å². The van der Waals surface area contributed by atoms with Crippen LogP contribution < -0.4 is 10.6 Å². The highest BCUT2D eigenvalue weighted by Gasteiger charge is 2.16. The summed E-state index contributed by atoms with van der Waals surface area (Å²) >= 11 is 1.73. The first-order valence-corrected chi connectivity index (χ1v) is 8.11. The molecule has 0 bridgehead atoms. The predicted molar refractivity (Wildman–Crippen MR) is 92.7 cm³/mol. The van der Waals surface area contributed by atoms with E-state index in [-0.39, 0.29) is 6.04 Å². The summed E-state index contributed by atoms with van der Waals surface area (Å²) in [6.07, 6.45) is -0.444. The molecule has 2 N–H and O–H groups in total. The van der Waals surface area contributed by atoms with E-state index in [4.69, 9.17) is 4.74 Å². The third-order valence-corrected chi connectivity index (χ3v) is 3.94. The molecule has 0 aliphatic carbocycles. The molecule has 2 aromatic rings. The van der Waals surface area contributed by atoms with E-state index in [0.717, 1.165) is 5.69 Å². The quantitative estimate of drug-likeness (QED) is 0.807. The number of benzene rings is 1. The van der Waals surface area contributed by atoms with E-state index >= 15 is 0 Å². The third-order valence-electron chi connectivity index (χ3n) is 2.88. The summed E-state index contributed by atoms with van der Waals surface area (Å²) in [5.74, 6) is 0.